The van der Waals surface area contributed by atoms with Crippen LogP contribution < -0.4 is 4.90 Å². The molecule has 2 aliphatic heterocycles. The summed E-state index contributed by atoms with van der Waals surface area (Å²) in [7, 11) is 2.19. The van der Waals surface area contributed by atoms with Gasteiger partial charge in [-0.25, -0.2) is 9.50 Å². The molecular formula is C25H29N5. The van der Waals surface area contributed by atoms with Gasteiger partial charge in [-0.2, -0.15) is 5.10 Å². The molecular weight excluding hydrogens is 370 g/mol. The lowest BCUT2D eigenvalue weighted by Crippen LogP contribution is -2.71. The van der Waals surface area contributed by atoms with Crippen molar-refractivity contribution in [1.82, 2.24) is 19.5 Å². The Balaban J connectivity index is 1.49. The predicted molar refractivity (Wildman–Crippen MR) is 123 cm³/mol. The quantitative estimate of drug-likeness (QED) is 0.621. The molecule has 5 rings (SSSR count). The third kappa shape index (κ3) is 2.96. The van der Waals surface area contributed by atoms with Gasteiger partial charge in [0.1, 0.15) is 0 Å². The van der Waals surface area contributed by atoms with Gasteiger partial charge in [0, 0.05) is 37.2 Å². The van der Waals surface area contributed by atoms with E-state index in [0.29, 0.717) is 5.41 Å². The first-order valence-corrected chi connectivity index (χ1v) is 10.6. The highest BCUT2D eigenvalue weighted by Crippen LogP contribution is 2.41. The lowest BCUT2D eigenvalue weighted by Gasteiger charge is -2.60. The molecule has 5 heteroatoms. The highest BCUT2D eigenvalue weighted by atomic mass is 15.3. The standard InChI is InChI=1S/C25H29N5/c1-6-7-21(22-9-18(3)17(2)8-19(22)4)23-11-27-30-12-20(10-26-24(23)30)29-15-25(16-29)13-28(5)14-25/h6-12H,1,13-16H2,2-5H3/b21-7+. The Labute approximate surface area is 178 Å². The molecule has 1 spiro atoms. The van der Waals surface area contributed by atoms with Gasteiger partial charge in [-0.3, -0.25) is 0 Å². The molecule has 0 saturated carbocycles. The topological polar surface area (TPSA) is 36.7 Å². The number of rotatable bonds is 4. The zero-order chi connectivity index (χ0) is 21.0. The maximum Gasteiger partial charge on any atom is 0.162 e. The van der Waals surface area contributed by atoms with Crippen LogP contribution in [0.25, 0.3) is 11.2 Å². The summed E-state index contributed by atoms with van der Waals surface area (Å²) >= 11 is 0. The molecule has 0 radical (unpaired) electrons. The van der Waals surface area contributed by atoms with Crippen LogP contribution in [0.1, 0.15) is 27.8 Å². The first kappa shape index (κ1) is 19.1. The van der Waals surface area contributed by atoms with E-state index in [4.69, 9.17) is 4.98 Å². The van der Waals surface area contributed by atoms with Crippen LogP contribution >= 0.6 is 0 Å². The smallest absolute Gasteiger partial charge is 0.162 e. The Bertz CT molecular complexity index is 1170. The third-order valence-corrected chi connectivity index (χ3v) is 6.68. The summed E-state index contributed by atoms with van der Waals surface area (Å²) in [5.41, 5.74) is 9.72. The molecule has 30 heavy (non-hydrogen) atoms. The van der Waals surface area contributed by atoms with Crippen LogP contribution in [0.4, 0.5) is 5.69 Å². The van der Waals surface area contributed by atoms with Crippen molar-refractivity contribution >= 4 is 16.9 Å². The molecule has 0 bridgehead atoms. The van der Waals surface area contributed by atoms with Gasteiger partial charge < -0.3 is 9.80 Å². The first-order chi connectivity index (χ1) is 14.4. The molecule has 2 fully saturated rings. The van der Waals surface area contributed by atoms with E-state index in [9.17, 15) is 0 Å². The minimum Gasteiger partial charge on any atom is -0.368 e. The van der Waals surface area contributed by atoms with E-state index in [1.165, 1.54) is 35.3 Å². The molecule has 3 aromatic rings. The molecule has 2 aliphatic rings. The Morgan fingerprint density at radius 2 is 1.73 bits per heavy atom. The van der Waals surface area contributed by atoms with E-state index in [0.717, 1.165) is 35.6 Å². The second kappa shape index (κ2) is 6.81. The predicted octanol–water partition coefficient (Wildman–Crippen LogP) is 4.02. The Morgan fingerprint density at radius 3 is 2.43 bits per heavy atom. The molecule has 2 saturated heterocycles. The van der Waals surface area contributed by atoms with Gasteiger partial charge >= 0.3 is 0 Å². The summed E-state index contributed by atoms with van der Waals surface area (Å²) in [4.78, 5) is 9.62. The molecule has 0 aliphatic carbocycles. The average Bonchev–Trinajstić information content (AvgIpc) is 3.07. The van der Waals surface area contributed by atoms with Crippen molar-refractivity contribution in [3.63, 3.8) is 0 Å². The number of nitrogens with zero attached hydrogens (tertiary/aromatic N) is 5. The van der Waals surface area contributed by atoms with Crippen LogP contribution in [0, 0.1) is 26.2 Å². The van der Waals surface area contributed by atoms with E-state index >= 15 is 0 Å². The number of aryl methyl sites for hydroxylation is 3. The van der Waals surface area contributed by atoms with Crippen LogP contribution in [-0.4, -0.2) is 52.7 Å². The van der Waals surface area contributed by atoms with Gasteiger partial charge in [-0.05, 0) is 55.6 Å². The Kier molecular flexibility index (Phi) is 4.33. The molecule has 0 unspecified atom stereocenters. The van der Waals surface area contributed by atoms with Crippen molar-refractivity contribution in [2.24, 2.45) is 5.41 Å². The fraction of sp³-hybridized carbons (Fsp3) is 0.360. The van der Waals surface area contributed by atoms with Crippen molar-refractivity contribution < 1.29 is 0 Å². The van der Waals surface area contributed by atoms with Gasteiger partial charge in [0.25, 0.3) is 0 Å². The van der Waals surface area contributed by atoms with E-state index in [1.807, 2.05) is 23.0 Å². The number of hydrogen-bond donors (Lipinski definition) is 0. The average molecular weight is 400 g/mol. The van der Waals surface area contributed by atoms with Gasteiger partial charge in [0.05, 0.1) is 24.3 Å². The van der Waals surface area contributed by atoms with Crippen molar-refractivity contribution in [3.05, 3.63) is 77.3 Å². The number of fused-ring (bicyclic) bond motifs is 1. The lowest BCUT2D eigenvalue weighted by atomic mass is 9.73. The lowest BCUT2D eigenvalue weighted by molar-refractivity contribution is -0.00246. The van der Waals surface area contributed by atoms with Crippen LogP contribution in [0.3, 0.4) is 0 Å². The zero-order valence-corrected chi connectivity index (χ0v) is 18.3. The minimum atomic E-state index is 0.500. The number of likely N-dealkylation sites (tertiary alicyclic amines) is 1. The van der Waals surface area contributed by atoms with E-state index in [1.54, 1.807) is 0 Å². The second-order valence-electron chi connectivity index (χ2n) is 9.23. The number of hydrogen-bond acceptors (Lipinski definition) is 4. The summed E-state index contributed by atoms with van der Waals surface area (Å²) in [5, 5.41) is 4.65. The summed E-state index contributed by atoms with van der Waals surface area (Å²) in [5.74, 6) is 0. The summed E-state index contributed by atoms with van der Waals surface area (Å²) in [6.07, 6.45) is 9.94. The maximum atomic E-state index is 4.82. The van der Waals surface area contributed by atoms with E-state index in [-0.39, 0.29) is 0 Å². The summed E-state index contributed by atoms with van der Waals surface area (Å²) in [6.45, 7) is 15.0. The van der Waals surface area contributed by atoms with Crippen LogP contribution in [0.2, 0.25) is 0 Å². The molecule has 154 valence electrons. The normalized spacial score (nSPS) is 18.5. The molecule has 4 heterocycles. The second-order valence-corrected chi connectivity index (χ2v) is 9.23. The molecule has 1 aromatic carbocycles. The van der Waals surface area contributed by atoms with Crippen LogP contribution in [-0.2, 0) is 0 Å². The number of anilines is 1. The van der Waals surface area contributed by atoms with Crippen molar-refractivity contribution in [2.75, 3.05) is 38.1 Å². The van der Waals surface area contributed by atoms with Gasteiger partial charge in [-0.1, -0.05) is 30.9 Å². The van der Waals surface area contributed by atoms with Crippen LogP contribution in [0.5, 0.6) is 0 Å². The van der Waals surface area contributed by atoms with Crippen molar-refractivity contribution in [1.29, 1.82) is 0 Å². The fourth-order valence-electron chi connectivity index (χ4n) is 5.16. The van der Waals surface area contributed by atoms with Gasteiger partial charge in [0.2, 0.25) is 0 Å². The van der Waals surface area contributed by atoms with E-state index < -0.39 is 0 Å². The molecule has 0 amide bonds. The minimum absolute atomic E-state index is 0.500. The fourth-order valence-corrected chi connectivity index (χ4v) is 5.16. The highest BCUT2D eigenvalue weighted by molar-refractivity contribution is 5.88. The number of aromatic nitrogens is 3. The summed E-state index contributed by atoms with van der Waals surface area (Å²) < 4.78 is 1.91. The molecule has 0 atom stereocenters. The Morgan fingerprint density at radius 1 is 1.00 bits per heavy atom. The van der Waals surface area contributed by atoms with Crippen molar-refractivity contribution in [2.45, 2.75) is 20.8 Å². The first-order valence-electron chi connectivity index (χ1n) is 10.6. The molecule has 5 nitrogen and oxygen atoms in total. The third-order valence-electron chi connectivity index (χ3n) is 6.68. The maximum absolute atomic E-state index is 4.82. The number of allylic oxidation sites excluding steroid dienone is 2. The zero-order valence-electron chi connectivity index (χ0n) is 18.3. The SMILES string of the molecule is C=C/C=C(\c1cc(C)c(C)cc1C)c1cnn2cc(N3CC4(CN(C)C4)C3)cnc12. The Hall–Kier alpha value is -2.92. The van der Waals surface area contributed by atoms with Gasteiger partial charge in [-0.15, -0.1) is 0 Å². The van der Waals surface area contributed by atoms with Crippen molar-refractivity contribution in [3.8, 4) is 0 Å². The van der Waals surface area contributed by atoms with Gasteiger partial charge in [0.15, 0.2) is 5.65 Å². The van der Waals surface area contributed by atoms with E-state index in [2.05, 4.69) is 73.7 Å². The largest absolute Gasteiger partial charge is 0.368 e. The van der Waals surface area contributed by atoms with Crippen LogP contribution in [0.15, 0.2) is 49.5 Å². The molecule has 0 N–H and O–H groups in total. The molecule has 2 aromatic heterocycles. The highest BCUT2D eigenvalue weighted by Gasteiger charge is 2.50. The monoisotopic (exact) mass is 399 g/mol. The summed E-state index contributed by atoms with van der Waals surface area (Å²) in [6, 6.07) is 4.50. The number of benzene rings is 1.